The number of benzene rings is 1. The van der Waals surface area contributed by atoms with E-state index >= 15 is 0 Å². The molecule has 2 rings (SSSR count). The van der Waals surface area contributed by atoms with Crippen LogP contribution in [0.4, 0.5) is 0 Å². The Morgan fingerprint density at radius 2 is 1.53 bits per heavy atom. The number of aryl methyl sites for hydroxylation is 2. The van der Waals surface area contributed by atoms with Gasteiger partial charge in [-0.3, -0.25) is 0 Å². The summed E-state index contributed by atoms with van der Waals surface area (Å²) in [4.78, 5) is 0. The second kappa shape index (κ2) is 6.25. The molecule has 3 heteroatoms. The molecular weight excluding hydrogens is 224 g/mol. The molecule has 0 aliphatic rings. The zero-order chi connectivity index (χ0) is 13.3. The Hall–Kier alpha value is -0.578. The van der Waals surface area contributed by atoms with Crippen LogP contribution in [-0.2, 0) is 7.05 Å². The smallest absolute Gasteiger partial charge is 0.386 e. The van der Waals surface area contributed by atoms with E-state index in [9.17, 15) is 0 Å². The van der Waals surface area contributed by atoms with E-state index in [4.69, 9.17) is 0 Å². The number of fused-ring (bicyclic) bond motifs is 1. The molecule has 0 bridgehead atoms. The molecule has 0 atom stereocenters. The number of para-hydroxylation sites is 1. The normalized spacial score (nSPS) is 11.6. The molecule has 1 heterocycles. The van der Waals surface area contributed by atoms with E-state index in [1.807, 2.05) is 0 Å². The number of hydrogen-bond donors (Lipinski definition) is 0. The van der Waals surface area contributed by atoms with Crippen molar-refractivity contribution in [2.75, 3.05) is 0 Å². The minimum Gasteiger partial charge on any atom is -0.386 e. The van der Waals surface area contributed by atoms with Crippen molar-refractivity contribution in [1.82, 2.24) is 4.57 Å². The molecule has 2 aromatic rings. The molecule has 0 spiro atoms. The van der Waals surface area contributed by atoms with Gasteiger partial charge in [-0.2, -0.15) is 19.0 Å². The molecule has 0 amide bonds. The van der Waals surface area contributed by atoms with E-state index in [2.05, 4.69) is 63.6 Å². The molecule has 0 saturated carbocycles. The predicted molar refractivity (Wildman–Crippen MR) is 84.5 cm³/mol. The molecule has 0 N–H and O–H groups in total. The SMILES string of the molecule is CC[B-](CC)(CC)c1c(C)c2ccccc2n1C.[Li+]. The third-order valence-corrected chi connectivity index (χ3v) is 5.34. The van der Waals surface area contributed by atoms with Gasteiger partial charge in [0.25, 0.3) is 0 Å². The van der Waals surface area contributed by atoms with Crippen LogP contribution in [0, 0.1) is 6.92 Å². The Kier molecular flexibility index (Phi) is 5.42. The van der Waals surface area contributed by atoms with Crippen molar-refractivity contribution in [2.24, 2.45) is 7.05 Å². The average molecular weight is 249 g/mol. The van der Waals surface area contributed by atoms with E-state index in [-0.39, 0.29) is 18.9 Å². The zero-order valence-electron chi connectivity index (χ0n) is 13.5. The quantitative estimate of drug-likeness (QED) is 0.718. The van der Waals surface area contributed by atoms with Crippen LogP contribution in [0.2, 0.25) is 19.0 Å². The van der Waals surface area contributed by atoms with Crippen LogP contribution in [0.3, 0.4) is 0 Å². The van der Waals surface area contributed by atoms with Gasteiger partial charge in [-0.1, -0.05) is 44.5 Å². The van der Waals surface area contributed by atoms with Crippen LogP contribution >= 0.6 is 0 Å². The van der Waals surface area contributed by atoms with Gasteiger partial charge in [0.2, 0.25) is 0 Å². The third-order valence-electron chi connectivity index (χ3n) is 5.34. The maximum Gasteiger partial charge on any atom is 1.00 e. The standard InChI is InChI=1S/C16H25BN.Li/c1-6-17(7-2,8-3)16-13(4)14-11-9-10-12-15(14)18(16)5;/h9-12H,6-8H2,1-5H3;/q-1;+1. The second-order valence-electron chi connectivity index (χ2n) is 5.79. The van der Waals surface area contributed by atoms with Crippen LogP contribution in [0.1, 0.15) is 26.3 Å². The van der Waals surface area contributed by atoms with Crippen molar-refractivity contribution in [3.8, 4) is 0 Å². The van der Waals surface area contributed by atoms with E-state index in [1.54, 1.807) is 5.59 Å². The van der Waals surface area contributed by atoms with Crippen LogP contribution < -0.4 is 24.5 Å². The first-order chi connectivity index (χ1) is 8.61. The van der Waals surface area contributed by atoms with Crippen LogP contribution in [0.25, 0.3) is 10.9 Å². The fraction of sp³-hybridized carbons (Fsp3) is 0.500. The summed E-state index contributed by atoms with van der Waals surface area (Å²) < 4.78 is 2.45. The molecule has 0 saturated heterocycles. The van der Waals surface area contributed by atoms with Crippen molar-refractivity contribution < 1.29 is 18.9 Å². The van der Waals surface area contributed by atoms with Gasteiger partial charge in [0.1, 0.15) is 0 Å². The van der Waals surface area contributed by atoms with Crippen molar-refractivity contribution in [1.29, 1.82) is 0 Å². The Bertz CT molecular complexity index is 508. The minimum absolute atomic E-state index is 0. The molecule has 0 radical (unpaired) electrons. The summed E-state index contributed by atoms with van der Waals surface area (Å²) in [5.41, 5.74) is 4.48. The molecule has 0 fully saturated rings. The van der Waals surface area contributed by atoms with Gasteiger partial charge in [-0.25, -0.2) is 0 Å². The summed E-state index contributed by atoms with van der Waals surface area (Å²) in [6, 6.07) is 8.80. The van der Waals surface area contributed by atoms with Crippen LogP contribution in [0.5, 0.6) is 0 Å². The molecule has 1 aromatic heterocycles. The van der Waals surface area contributed by atoms with Crippen molar-refractivity contribution in [3.05, 3.63) is 29.8 Å². The summed E-state index contributed by atoms with van der Waals surface area (Å²) in [6.07, 6.45) is 3.42. The average Bonchev–Trinajstić information content (AvgIpc) is 2.67. The minimum atomic E-state index is -0.404. The van der Waals surface area contributed by atoms with Gasteiger partial charge < -0.3 is 4.57 Å². The molecule has 98 valence electrons. The molecule has 19 heavy (non-hydrogen) atoms. The molecule has 1 nitrogen and oxygen atoms in total. The Morgan fingerprint density at radius 3 is 2.00 bits per heavy atom. The van der Waals surface area contributed by atoms with Gasteiger partial charge in [0, 0.05) is 18.7 Å². The molecular formula is C16H25BLiN. The van der Waals surface area contributed by atoms with Crippen molar-refractivity contribution in [2.45, 2.75) is 46.7 Å². The largest absolute Gasteiger partial charge is 1.00 e. The van der Waals surface area contributed by atoms with Crippen molar-refractivity contribution >= 4 is 22.6 Å². The van der Waals surface area contributed by atoms with Gasteiger partial charge in [0.15, 0.2) is 0 Å². The number of aromatic nitrogens is 1. The van der Waals surface area contributed by atoms with Crippen LogP contribution in [-0.4, -0.2) is 10.7 Å². The van der Waals surface area contributed by atoms with Gasteiger partial charge in [-0.05, 0) is 18.4 Å². The summed E-state index contributed by atoms with van der Waals surface area (Å²) in [5, 5.41) is 1.43. The van der Waals surface area contributed by atoms with E-state index < -0.39 is 6.15 Å². The number of hydrogen-bond acceptors (Lipinski definition) is 0. The van der Waals surface area contributed by atoms with E-state index in [0.717, 1.165) is 0 Å². The first-order valence-corrected chi connectivity index (χ1v) is 7.36. The fourth-order valence-corrected chi connectivity index (χ4v) is 3.92. The first kappa shape index (κ1) is 16.5. The Morgan fingerprint density at radius 1 is 1.00 bits per heavy atom. The van der Waals surface area contributed by atoms with Crippen molar-refractivity contribution in [3.63, 3.8) is 0 Å². The predicted octanol–water partition coefficient (Wildman–Crippen LogP) is 1.21. The fourth-order valence-electron chi connectivity index (χ4n) is 3.92. The van der Waals surface area contributed by atoms with E-state index in [1.165, 1.54) is 35.4 Å². The first-order valence-electron chi connectivity index (χ1n) is 7.36. The van der Waals surface area contributed by atoms with Crippen LogP contribution in [0.15, 0.2) is 24.3 Å². The van der Waals surface area contributed by atoms with Gasteiger partial charge in [0.05, 0.1) is 0 Å². The van der Waals surface area contributed by atoms with Gasteiger partial charge in [-0.15, -0.1) is 5.59 Å². The Balaban J connectivity index is 0.00000180. The Labute approximate surface area is 129 Å². The zero-order valence-corrected chi connectivity index (χ0v) is 13.5. The summed E-state index contributed by atoms with van der Waals surface area (Å²) in [6.45, 7) is 9.35. The molecule has 1 aromatic carbocycles. The molecule has 0 unspecified atom stereocenters. The number of nitrogens with zero attached hydrogens (tertiary/aromatic N) is 1. The summed E-state index contributed by atoms with van der Waals surface area (Å²) in [7, 11) is 2.24. The number of rotatable bonds is 4. The monoisotopic (exact) mass is 249 g/mol. The maximum atomic E-state index is 2.45. The summed E-state index contributed by atoms with van der Waals surface area (Å²) in [5.74, 6) is 0. The maximum absolute atomic E-state index is 2.45. The third kappa shape index (κ3) is 2.42. The summed E-state index contributed by atoms with van der Waals surface area (Å²) >= 11 is 0. The second-order valence-corrected chi connectivity index (χ2v) is 5.79. The molecule has 0 aliphatic carbocycles. The topological polar surface area (TPSA) is 4.93 Å². The molecule has 0 aliphatic heterocycles. The van der Waals surface area contributed by atoms with Gasteiger partial charge >= 0.3 is 18.9 Å². The van der Waals surface area contributed by atoms with E-state index in [0.29, 0.717) is 0 Å².